The molecule has 2 aromatic rings. The summed E-state index contributed by atoms with van der Waals surface area (Å²) in [6, 6.07) is 11.2. The Morgan fingerprint density at radius 1 is 1.04 bits per heavy atom. The molecule has 6 amide bonds. The Labute approximate surface area is 276 Å². The van der Waals surface area contributed by atoms with E-state index in [2.05, 4.69) is 21.3 Å². The van der Waals surface area contributed by atoms with Crippen LogP contribution in [0.1, 0.15) is 57.6 Å². The van der Waals surface area contributed by atoms with Crippen LogP contribution in [0.25, 0.3) is 0 Å². The Morgan fingerprint density at radius 2 is 1.74 bits per heavy atom. The predicted octanol–water partition coefficient (Wildman–Crippen LogP) is 4.22. The molecule has 5 N–H and O–H groups in total. The lowest BCUT2D eigenvalue weighted by Gasteiger charge is -2.32. The Kier molecular flexibility index (Phi) is 13.4. The average Bonchev–Trinajstić information content (AvgIpc) is 3.42. The van der Waals surface area contributed by atoms with E-state index in [4.69, 9.17) is 4.74 Å². The first-order chi connectivity index (χ1) is 22.3. The van der Waals surface area contributed by atoms with Gasteiger partial charge in [0, 0.05) is 50.9 Å². The quantitative estimate of drug-likeness (QED) is 0.181. The maximum atomic E-state index is 13.2. The van der Waals surface area contributed by atoms with Crippen molar-refractivity contribution in [2.24, 2.45) is 5.41 Å². The molecular formula is C34H48N6O7. The number of rotatable bonds is 16. The van der Waals surface area contributed by atoms with E-state index in [-0.39, 0.29) is 43.8 Å². The molecule has 1 aliphatic heterocycles. The summed E-state index contributed by atoms with van der Waals surface area (Å²) in [7, 11) is 1.48. The molecule has 1 unspecified atom stereocenters. The Hall–Kier alpha value is -4.81. The third-order valence-corrected chi connectivity index (χ3v) is 8.02. The number of methoxy groups -OCH3 is 1. The zero-order valence-electron chi connectivity index (χ0n) is 28.0. The van der Waals surface area contributed by atoms with E-state index in [0.717, 1.165) is 12.0 Å². The summed E-state index contributed by atoms with van der Waals surface area (Å²) in [5, 5.41) is 20.7. The van der Waals surface area contributed by atoms with Gasteiger partial charge < -0.3 is 40.9 Å². The lowest BCUT2D eigenvalue weighted by molar-refractivity contribution is -0.138. The maximum Gasteiger partial charge on any atom is 0.323 e. The van der Waals surface area contributed by atoms with Crippen LogP contribution in [-0.2, 0) is 20.8 Å². The predicted molar refractivity (Wildman–Crippen MR) is 180 cm³/mol. The smallest absolute Gasteiger partial charge is 0.323 e. The molecule has 13 heteroatoms. The number of aliphatic carboxylic acids is 1. The van der Waals surface area contributed by atoms with Crippen LogP contribution in [0.2, 0.25) is 0 Å². The number of para-hydroxylation sites is 1. The Bertz CT molecular complexity index is 1430. The van der Waals surface area contributed by atoms with E-state index in [1.54, 1.807) is 30.0 Å². The van der Waals surface area contributed by atoms with Crippen molar-refractivity contribution >= 4 is 41.2 Å². The third-order valence-electron chi connectivity index (χ3n) is 8.02. The number of nitrogens with zero attached hydrogens (tertiary/aromatic N) is 2. The van der Waals surface area contributed by atoms with Crippen LogP contribution in [0.15, 0.2) is 42.5 Å². The summed E-state index contributed by atoms with van der Waals surface area (Å²) >= 11 is 0. The van der Waals surface area contributed by atoms with Gasteiger partial charge in [0.1, 0.15) is 5.75 Å². The van der Waals surface area contributed by atoms with Gasteiger partial charge in [0.2, 0.25) is 11.8 Å². The van der Waals surface area contributed by atoms with E-state index >= 15 is 0 Å². The molecule has 3 rings (SSSR count). The molecule has 0 saturated carbocycles. The number of likely N-dealkylation sites (tertiary alicyclic amines) is 1. The first-order valence-corrected chi connectivity index (χ1v) is 15.9. The summed E-state index contributed by atoms with van der Waals surface area (Å²) in [6.45, 7) is 9.47. The van der Waals surface area contributed by atoms with E-state index in [9.17, 15) is 29.1 Å². The second-order valence-electron chi connectivity index (χ2n) is 12.7. The lowest BCUT2D eigenvalue weighted by atomic mass is 9.93. The Morgan fingerprint density at radius 3 is 2.40 bits per heavy atom. The van der Waals surface area contributed by atoms with Gasteiger partial charge in [-0.05, 0) is 61.4 Å². The molecule has 0 spiro atoms. The minimum atomic E-state index is -1.000. The molecule has 0 aliphatic carbocycles. The highest BCUT2D eigenvalue weighted by molar-refractivity contribution is 6.01. The van der Waals surface area contributed by atoms with Gasteiger partial charge in [0.25, 0.3) is 0 Å². The van der Waals surface area contributed by atoms with Crippen LogP contribution in [0.3, 0.4) is 0 Å². The number of amides is 6. The number of ether oxygens (including phenoxy) is 1. The number of benzene rings is 2. The standard InChI is InChI=1S/C34H48N6O7/c1-23-10-6-7-11-26(23)37-32(45)38-27-14-13-25(19-28(27)47-5)20-29(41)35-21-34(3,4)22-36-33(46)40(24(2)18-31(43)44)17-9-16-39-15-8-12-30(39)42/h6-7,10-11,13-14,19,24H,8-9,12,15-18,20-22H2,1-5H3,(H,35,41)(H,36,46)(H,43,44)(H2,37,38,45). The summed E-state index contributed by atoms with van der Waals surface area (Å²) in [5.41, 5.74) is 2.25. The van der Waals surface area contributed by atoms with Gasteiger partial charge in [-0.1, -0.05) is 38.1 Å². The second-order valence-corrected chi connectivity index (χ2v) is 12.7. The fourth-order valence-electron chi connectivity index (χ4n) is 5.26. The van der Waals surface area contributed by atoms with Crippen LogP contribution >= 0.6 is 0 Å². The van der Waals surface area contributed by atoms with Gasteiger partial charge in [-0.25, -0.2) is 9.59 Å². The second kappa shape index (κ2) is 17.2. The zero-order chi connectivity index (χ0) is 34.6. The van der Waals surface area contributed by atoms with Crippen molar-refractivity contribution in [3.63, 3.8) is 0 Å². The molecule has 1 heterocycles. The van der Waals surface area contributed by atoms with Crippen molar-refractivity contribution < 1.29 is 33.8 Å². The first-order valence-electron chi connectivity index (χ1n) is 15.9. The van der Waals surface area contributed by atoms with Crippen LogP contribution in [0, 0.1) is 12.3 Å². The molecule has 13 nitrogen and oxygen atoms in total. The molecule has 1 fully saturated rings. The first kappa shape index (κ1) is 36.7. The molecule has 1 atom stereocenters. The van der Waals surface area contributed by atoms with E-state index in [0.29, 0.717) is 55.2 Å². The normalized spacial score (nSPS) is 13.5. The Balaban J connectivity index is 1.49. The SMILES string of the molecule is COc1cc(CC(=O)NCC(C)(C)CNC(=O)N(CCCN2CCCC2=O)C(C)CC(=O)O)ccc1NC(=O)Nc1ccccc1C. The van der Waals surface area contributed by atoms with Crippen LogP contribution in [-0.4, -0.2) is 90.6 Å². The maximum absolute atomic E-state index is 13.2. The average molecular weight is 653 g/mol. The number of hydrogen-bond donors (Lipinski definition) is 5. The lowest BCUT2D eigenvalue weighted by Crippen LogP contribution is -2.50. The van der Waals surface area contributed by atoms with Crippen molar-refractivity contribution in [1.82, 2.24) is 20.4 Å². The molecular weight excluding hydrogens is 604 g/mol. The number of nitrogens with one attached hydrogen (secondary N) is 4. The number of carbonyl (C=O) groups is 5. The van der Waals surface area contributed by atoms with E-state index in [1.807, 2.05) is 45.0 Å². The number of anilines is 2. The van der Waals surface area contributed by atoms with Gasteiger partial charge in [-0.2, -0.15) is 0 Å². The van der Waals surface area contributed by atoms with Crippen LogP contribution in [0.5, 0.6) is 5.75 Å². The number of aryl methyl sites for hydroxylation is 1. The molecule has 0 radical (unpaired) electrons. The van der Waals surface area contributed by atoms with Gasteiger partial charge in [-0.3, -0.25) is 14.4 Å². The van der Waals surface area contributed by atoms with Crippen molar-refractivity contribution in [1.29, 1.82) is 0 Å². The van der Waals surface area contributed by atoms with E-state index < -0.39 is 23.5 Å². The summed E-state index contributed by atoms with van der Waals surface area (Å²) in [4.78, 5) is 65.1. The number of urea groups is 2. The minimum Gasteiger partial charge on any atom is -0.495 e. The minimum absolute atomic E-state index is 0.0779. The zero-order valence-corrected chi connectivity index (χ0v) is 28.0. The molecule has 1 aliphatic rings. The van der Waals surface area contributed by atoms with Crippen molar-refractivity contribution in [3.05, 3.63) is 53.6 Å². The fourth-order valence-corrected chi connectivity index (χ4v) is 5.26. The molecule has 256 valence electrons. The topological polar surface area (TPSA) is 169 Å². The number of carboxylic acids is 1. The van der Waals surface area contributed by atoms with Gasteiger partial charge in [-0.15, -0.1) is 0 Å². The van der Waals surface area contributed by atoms with Gasteiger partial charge in [0.05, 0.1) is 25.6 Å². The molecule has 2 aromatic carbocycles. The summed E-state index contributed by atoms with van der Waals surface area (Å²) < 4.78 is 5.45. The highest BCUT2D eigenvalue weighted by Gasteiger charge is 2.26. The van der Waals surface area contributed by atoms with Crippen LogP contribution in [0.4, 0.5) is 21.0 Å². The number of carbonyl (C=O) groups excluding carboxylic acids is 4. The van der Waals surface area contributed by atoms with E-state index in [1.165, 1.54) is 12.0 Å². The molecule has 1 saturated heterocycles. The van der Waals surface area contributed by atoms with Gasteiger partial charge in [0.15, 0.2) is 0 Å². The van der Waals surface area contributed by atoms with Crippen molar-refractivity contribution in [2.45, 2.75) is 65.8 Å². The summed E-state index contributed by atoms with van der Waals surface area (Å²) in [5.74, 6) is -0.708. The number of carboxylic acid groups (broad SMARTS) is 1. The highest BCUT2D eigenvalue weighted by atomic mass is 16.5. The number of hydrogen-bond acceptors (Lipinski definition) is 6. The fraction of sp³-hybridized carbons (Fsp3) is 0.500. The highest BCUT2D eigenvalue weighted by Crippen LogP contribution is 2.26. The molecule has 0 bridgehead atoms. The molecule has 0 aromatic heterocycles. The third kappa shape index (κ3) is 11.8. The van der Waals surface area contributed by atoms with Crippen LogP contribution < -0.4 is 26.0 Å². The van der Waals surface area contributed by atoms with Crippen molar-refractivity contribution in [3.8, 4) is 5.75 Å². The molecule has 47 heavy (non-hydrogen) atoms. The van der Waals surface area contributed by atoms with Gasteiger partial charge >= 0.3 is 18.0 Å². The van der Waals surface area contributed by atoms with Crippen molar-refractivity contribution in [2.75, 3.05) is 50.5 Å². The summed E-state index contributed by atoms with van der Waals surface area (Å²) in [6.07, 6.45) is 1.80. The largest absolute Gasteiger partial charge is 0.495 e. The monoisotopic (exact) mass is 652 g/mol.